The second-order valence-electron chi connectivity index (χ2n) is 5.79. The lowest BCUT2D eigenvalue weighted by molar-refractivity contribution is 0.831. The van der Waals surface area contributed by atoms with Crippen molar-refractivity contribution in [3.63, 3.8) is 0 Å². The molecule has 0 amide bonds. The summed E-state index contributed by atoms with van der Waals surface area (Å²) in [5, 5.41) is 1.80. The van der Waals surface area contributed by atoms with Crippen molar-refractivity contribution in [3.8, 4) is 22.8 Å². The minimum Gasteiger partial charge on any atom is -0.320 e. The minimum absolute atomic E-state index is 0.733. The zero-order valence-electron chi connectivity index (χ0n) is 14.1. The summed E-state index contributed by atoms with van der Waals surface area (Å²) in [6.45, 7) is 0. The number of rotatable bonds is 4. The molecule has 0 fully saturated rings. The molecule has 0 N–H and O–H groups in total. The first kappa shape index (κ1) is 16.9. The number of hydrogen-bond donors (Lipinski definition) is 0. The highest BCUT2D eigenvalue weighted by Gasteiger charge is 2.19. The van der Waals surface area contributed by atoms with Gasteiger partial charge in [-0.1, -0.05) is 59.8 Å². The first-order valence-electron chi connectivity index (χ1n) is 8.19. The Labute approximate surface area is 161 Å². The van der Waals surface area contributed by atoms with Crippen LogP contribution in [0.15, 0.2) is 88.9 Å². The van der Waals surface area contributed by atoms with Crippen molar-refractivity contribution in [3.05, 3.63) is 84.0 Å². The second-order valence-corrected chi connectivity index (χ2v) is 7.28. The second kappa shape index (κ2) is 7.36. The summed E-state index contributed by atoms with van der Waals surface area (Å²) in [5.74, 6) is 0.848. The highest BCUT2D eigenvalue weighted by molar-refractivity contribution is 7.99. The molecule has 26 heavy (non-hydrogen) atoms. The van der Waals surface area contributed by atoms with Gasteiger partial charge in [-0.3, -0.25) is 4.98 Å². The normalized spacial score (nSPS) is 10.8. The molecule has 0 aliphatic heterocycles. The molecule has 0 bridgehead atoms. The number of halogens is 1. The van der Waals surface area contributed by atoms with Crippen LogP contribution >= 0.6 is 23.4 Å². The molecular formula is C21H16ClN3S. The molecule has 4 aromatic rings. The fraction of sp³-hybridized carbons (Fsp3) is 0.0476. The Balaban J connectivity index is 1.85. The van der Waals surface area contributed by atoms with Gasteiger partial charge >= 0.3 is 0 Å². The SMILES string of the molecule is Cn1c(-c2ccccn2)nc(-c2ccccc2)c1Sc1ccc(Cl)cc1. The molecule has 0 spiro atoms. The van der Waals surface area contributed by atoms with E-state index in [1.54, 1.807) is 18.0 Å². The molecule has 0 radical (unpaired) electrons. The van der Waals surface area contributed by atoms with Crippen LogP contribution in [-0.4, -0.2) is 14.5 Å². The zero-order valence-corrected chi connectivity index (χ0v) is 15.7. The third kappa shape index (κ3) is 3.39. The predicted octanol–water partition coefficient (Wildman–Crippen LogP) is 5.95. The Morgan fingerprint density at radius 2 is 1.62 bits per heavy atom. The summed E-state index contributed by atoms with van der Waals surface area (Å²) in [6.07, 6.45) is 1.79. The average Bonchev–Trinajstić information content (AvgIpc) is 3.01. The van der Waals surface area contributed by atoms with Crippen molar-refractivity contribution in [1.29, 1.82) is 0 Å². The van der Waals surface area contributed by atoms with Crippen LogP contribution in [0, 0.1) is 0 Å². The maximum absolute atomic E-state index is 6.02. The Hall–Kier alpha value is -2.56. The van der Waals surface area contributed by atoms with Crippen LogP contribution in [0.5, 0.6) is 0 Å². The lowest BCUT2D eigenvalue weighted by Crippen LogP contribution is -1.95. The van der Waals surface area contributed by atoms with E-state index in [-0.39, 0.29) is 0 Å². The van der Waals surface area contributed by atoms with Crippen LogP contribution in [0.3, 0.4) is 0 Å². The largest absolute Gasteiger partial charge is 0.320 e. The molecule has 0 saturated carbocycles. The summed E-state index contributed by atoms with van der Waals surface area (Å²) in [5.41, 5.74) is 2.89. The van der Waals surface area contributed by atoms with E-state index in [2.05, 4.69) is 21.7 Å². The third-order valence-electron chi connectivity index (χ3n) is 4.01. The highest BCUT2D eigenvalue weighted by atomic mass is 35.5. The van der Waals surface area contributed by atoms with Gasteiger partial charge in [-0.25, -0.2) is 4.98 Å². The van der Waals surface area contributed by atoms with Crippen molar-refractivity contribution in [2.24, 2.45) is 7.05 Å². The predicted molar refractivity (Wildman–Crippen MR) is 107 cm³/mol. The van der Waals surface area contributed by atoms with Gasteiger partial charge in [0.05, 0.1) is 0 Å². The molecule has 0 unspecified atom stereocenters. The van der Waals surface area contributed by atoms with E-state index in [1.807, 2.05) is 67.7 Å². The van der Waals surface area contributed by atoms with Gasteiger partial charge in [-0.2, -0.15) is 0 Å². The maximum Gasteiger partial charge on any atom is 0.159 e. The standard InChI is InChI=1S/C21H16ClN3S/c1-25-20(18-9-5-6-14-23-18)24-19(15-7-3-2-4-8-15)21(25)26-17-12-10-16(22)11-13-17/h2-14H,1H3. The van der Waals surface area contributed by atoms with Gasteiger partial charge in [0.25, 0.3) is 0 Å². The summed E-state index contributed by atoms with van der Waals surface area (Å²) in [4.78, 5) is 10.5. The van der Waals surface area contributed by atoms with Gasteiger partial charge in [-0.15, -0.1) is 0 Å². The summed E-state index contributed by atoms with van der Waals surface area (Å²) in [7, 11) is 2.03. The van der Waals surface area contributed by atoms with Crippen molar-refractivity contribution in [2.45, 2.75) is 9.92 Å². The monoisotopic (exact) mass is 377 g/mol. The van der Waals surface area contributed by atoms with Crippen molar-refractivity contribution in [2.75, 3.05) is 0 Å². The number of benzene rings is 2. The molecule has 0 aliphatic carbocycles. The van der Waals surface area contributed by atoms with Crippen LogP contribution in [0.1, 0.15) is 0 Å². The number of hydrogen-bond acceptors (Lipinski definition) is 3. The minimum atomic E-state index is 0.733. The summed E-state index contributed by atoms with van der Waals surface area (Å²) >= 11 is 7.70. The van der Waals surface area contributed by atoms with Crippen LogP contribution < -0.4 is 0 Å². The van der Waals surface area contributed by atoms with Crippen LogP contribution in [0.25, 0.3) is 22.8 Å². The zero-order chi connectivity index (χ0) is 17.9. The van der Waals surface area contributed by atoms with E-state index in [4.69, 9.17) is 16.6 Å². The molecule has 4 rings (SSSR count). The van der Waals surface area contributed by atoms with Crippen molar-refractivity contribution >= 4 is 23.4 Å². The quantitative estimate of drug-likeness (QED) is 0.440. The molecule has 2 heterocycles. The first-order chi connectivity index (χ1) is 12.7. The van der Waals surface area contributed by atoms with Crippen LogP contribution in [-0.2, 0) is 7.05 Å². The Morgan fingerprint density at radius 1 is 0.885 bits per heavy atom. The fourth-order valence-corrected chi connectivity index (χ4v) is 3.83. The Morgan fingerprint density at radius 3 is 2.31 bits per heavy atom. The molecule has 3 nitrogen and oxygen atoms in total. The van der Waals surface area contributed by atoms with E-state index in [0.717, 1.165) is 37.7 Å². The fourth-order valence-electron chi connectivity index (χ4n) is 2.72. The van der Waals surface area contributed by atoms with Gasteiger partial charge in [0.2, 0.25) is 0 Å². The smallest absolute Gasteiger partial charge is 0.159 e. The third-order valence-corrected chi connectivity index (χ3v) is 5.43. The molecule has 5 heteroatoms. The number of aromatic nitrogens is 3. The van der Waals surface area contributed by atoms with Crippen molar-refractivity contribution in [1.82, 2.24) is 14.5 Å². The summed E-state index contributed by atoms with van der Waals surface area (Å²) in [6, 6.07) is 24.0. The topological polar surface area (TPSA) is 30.7 Å². The number of pyridine rings is 1. The Bertz CT molecular complexity index is 1010. The van der Waals surface area contributed by atoms with E-state index in [1.165, 1.54) is 0 Å². The average molecular weight is 378 g/mol. The molecule has 0 aliphatic rings. The van der Waals surface area contributed by atoms with Crippen molar-refractivity contribution < 1.29 is 0 Å². The summed E-state index contributed by atoms with van der Waals surface area (Å²) < 4.78 is 2.10. The van der Waals surface area contributed by atoms with Gasteiger partial charge in [0.15, 0.2) is 5.82 Å². The van der Waals surface area contributed by atoms with Gasteiger partial charge < -0.3 is 4.57 Å². The number of imidazole rings is 1. The Kier molecular flexibility index (Phi) is 4.78. The van der Waals surface area contributed by atoms with Crippen LogP contribution in [0.2, 0.25) is 5.02 Å². The molecule has 0 saturated heterocycles. The highest BCUT2D eigenvalue weighted by Crippen LogP contribution is 2.38. The maximum atomic E-state index is 6.02. The van der Waals surface area contributed by atoms with E-state index in [0.29, 0.717) is 0 Å². The molecule has 2 aromatic carbocycles. The molecular weight excluding hydrogens is 362 g/mol. The lowest BCUT2D eigenvalue weighted by atomic mass is 10.2. The van der Waals surface area contributed by atoms with E-state index in [9.17, 15) is 0 Å². The molecule has 2 aromatic heterocycles. The van der Waals surface area contributed by atoms with Gasteiger partial charge in [0, 0.05) is 28.7 Å². The van der Waals surface area contributed by atoms with Gasteiger partial charge in [-0.05, 0) is 36.4 Å². The van der Waals surface area contributed by atoms with Crippen LogP contribution in [0.4, 0.5) is 0 Å². The first-order valence-corrected chi connectivity index (χ1v) is 9.39. The molecule has 128 valence electrons. The van der Waals surface area contributed by atoms with E-state index >= 15 is 0 Å². The lowest BCUT2D eigenvalue weighted by Gasteiger charge is -2.07. The van der Waals surface area contributed by atoms with E-state index < -0.39 is 0 Å². The number of nitrogens with zero attached hydrogens (tertiary/aromatic N) is 3. The van der Waals surface area contributed by atoms with Gasteiger partial charge in [0.1, 0.15) is 16.4 Å². The molecule has 0 atom stereocenters.